The Bertz CT molecular complexity index is 1090. The van der Waals surface area contributed by atoms with Crippen molar-refractivity contribution in [3.63, 3.8) is 0 Å². The van der Waals surface area contributed by atoms with Crippen molar-refractivity contribution in [3.8, 4) is 0 Å². The molecule has 8 heteroatoms. The molecule has 3 aromatic rings. The number of hydrogen-bond acceptors (Lipinski definition) is 6. The van der Waals surface area contributed by atoms with Crippen molar-refractivity contribution in [2.45, 2.75) is 6.54 Å². The number of carbonyl (C=O) groups excluding carboxylic acids is 1. The molecule has 0 saturated carbocycles. The summed E-state index contributed by atoms with van der Waals surface area (Å²) in [6.07, 6.45) is 0. The van der Waals surface area contributed by atoms with Crippen LogP contribution in [0.5, 0.6) is 0 Å². The number of thiophene rings is 1. The summed E-state index contributed by atoms with van der Waals surface area (Å²) >= 11 is 3.19. The van der Waals surface area contributed by atoms with E-state index in [2.05, 4.69) is 44.4 Å². The SMILES string of the molecule is O=C(CSC1=NN=C(c2ccccc2)Cn2c1cc1sccc12)N1CCOCC1. The van der Waals surface area contributed by atoms with Crippen LogP contribution < -0.4 is 0 Å². The van der Waals surface area contributed by atoms with E-state index >= 15 is 0 Å². The second kappa shape index (κ2) is 8.14. The highest BCUT2D eigenvalue weighted by molar-refractivity contribution is 8.14. The van der Waals surface area contributed by atoms with Gasteiger partial charge in [0, 0.05) is 13.1 Å². The van der Waals surface area contributed by atoms with E-state index in [0.29, 0.717) is 38.6 Å². The molecule has 29 heavy (non-hydrogen) atoms. The molecule has 0 bridgehead atoms. The molecule has 2 aliphatic rings. The summed E-state index contributed by atoms with van der Waals surface area (Å²) in [6, 6.07) is 14.4. The molecule has 0 N–H and O–H groups in total. The minimum Gasteiger partial charge on any atom is -0.378 e. The average molecular weight is 425 g/mol. The van der Waals surface area contributed by atoms with Crippen molar-refractivity contribution in [2.75, 3.05) is 32.1 Å². The third-order valence-corrected chi connectivity index (χ3v) is 6.92. The molecule has 1 aromatic carbocycles. The molecule has 0 radical (unpaired) electrons. The highest BCUT2D eigenvalue weighted by Gasteiger charge is 2.23. The Labute approximate surface area is 176 Å². The van der Waals surface area contributed by atoms with Gasteiger partial charge in [-0.25, -0.2) is 0 Å². The first kappa shape index (κ1) is 18.6. The van der Waals surface area contributed by atoms with E-state index in [-0.39, 0.29) is 5.91 Å². The van der Waals surface area contributed by atoms with Gasteiger partial charge in [0.15, 0.2) is 0 Å². The number of amides is 1. The number of thioether (sulfide) groups is 1. The second-order valence-corrected chi connectivity index (χ2v) is 8.80. The third kappa shape index (κ3) is 3.75. The van der Waals surface area contributed by atoms with Crippen LogP contribution in [0.15, 0.2) is 58.0 Å². The van der Waals surface area contributed by atoms with Crippen LogP contribution in [-0.2, 0) is 16.1 Å². The van der Waals surface area contributed by atoms with Gasteiger partial charge in [-0.05, 0) is 23.1 Å². The van der Waals surface area contributed by atoms with Gasteiger partial charge in [-0.2, -0.15) is 5.10 Å². The molecule has 1 amide bonds. The summed E-state index contributed by atoms with van der Waals surface area (Å²) in [5, 5.41) is 12.0. The first-order valence-electron chi connectivity index (χ1n) is 9.55. The van der Waals surface area contributed by atoms with Crippen molar-refractivity contribution >= 4 is 50.0 Å². The largest absolute Gasteiger partial charge is 0.378 e. The first-order chi connectivity index (χ1) is 14.3. The maximum atomic E-state index is 12.6. The lowest BCUT2D eigenvalue weighted by Gasteiger charge is -2.26. The Morgan fingerprint density at radius 3 is 2.79 bits per heavy atom. The predicted octanol–water partition coefficient (Wildman–Crippen LogP) is 3.46. The van der Waals surface area contributed by atoms with Gasteiger partial charge in [-0.3, -0.25) is 4.79 Å². The van der Waals surface area contributed by atoms with E-state index in [4.69, 9.17) is 4.74 Å². The fourth-order valence-electron chi connectivity index (χ4n) is 3.58. The van der Waals surface area contributed by atoms with Gasteiger partial charge >= 0.3 is 0 Å². The zero-order chi connectivity index (χ0) is 19.6. The Kier molecular flexibility index (Phi) is 5.22. The number of ether oxygens (including phenoxy) is 1. The van der Waals surface area contributed by atoms with Crippen molar-refractivity contribution in [1.82, 2.24) is 9.47 Å². The molecule has 5 rings (SSSR count). The molecular weight excluding hydrogens is 404 g/mol. The maximum absolute atomic E-state index is 12.6. The molecule has 1 fully saturated rings. The Balaban J connectivity index is 1.45. The Hall–Kier alpha value is -2.42. The van der Waals surface area contributed by atoms with Crippen molar-refractivity contribution in [1.29, 1.82) is 0 Å². The number of nitrogens with zero attached hydrogens (tertiary/aromatic N) is 4. The zero-order valence-corrected chi connectivity index (χ0v) is 17.4. The highest BCUT2D eigenvalue weighted by atomic mass is 32.2. The van der Waals surface area contributed by atoms with Crippen molar-refractivity contribution in [3.05, 3.63) is 59.1 Å². The minimum absolute atomic E-state index is 0.123. The number of fused-ring (bicyclic) bond motifs is 3. The van der Waals surface area contributed by atoms with Crippen molar-refractivity contribution in [2.24, 2.45) is 10.2 Å². The van der Waals surface area contributed by atoms with Crippen LogP contribution in [0, 0.1) is 0 Å². The van der Waals surface area contributed by atoms with E-state index in [9.17, 15) is 4.79 Å². The number of benzene rings is 1. The molecule has 0 spiro atoms. The van der Waals surface area contributed by atoms with Gasteiger partial charge in [0.2, 0.25) is 5.91 Å². The number of carbonyl (C=O) groups is 1. The summed E-state index contributed by atoms with van der Waals surface area (Å²) in [5.41, 5.74) is 4.20. The fraction of sp³-hybridized carbons (Fsp3) is 0.286. The van der Waals surface area contributed by atoms with Crippen LogP contribution in [-0.4, -0.2) is 58.2 Å². The molecule has 0 unspecified atom stereocenters. The highest BCUT2D eigenvalue weighted by Crippen LogP contribution is 2.30. The zero-order valence-electron chi connectivity index (χ0n) is 15.8. The fourth-order valence-corrected chi connectivity index (χ4v) is 5.26. The summed E-state index contributed by atoms with van der Waals surface area (Å²) in [6.45, 7) is 3.20. The number of aromatic nitrogens is 1. The van der Waals surface area contributed by atoms with Gasteiger partial charge in [-0.1, -0.05) is 42.1 Å². The van der Waals surface area contributed by atoms with Crippen LogP contribution in [0.1, 0.15) is 11.3 Å². The van der Waals surface area contributed by atoms with Gasteiger partial charge in [0.1, 0.15) is 5.04 Å². The predicted molar refractivity (Wildman–Crippen MR) is 119 cm³/mol. The smallest absolute Gasteiger partial charge is 0.233 e. The molecule has 2 aliphatic heterocycles. The summed E-state index contributed by atoms with van der Waals surface area (Å²) < 4.78 is 8.83. The molecular formula is C21H20N4O2S2. The quantitative estimate of drug-likeness (QED) is 0.647. The van der Waals surface area contributed by atoms with Crippen molar-refractivity contribution < 1.29 is 9.53 Å². The third-order valence-electron chi connectivity index (χ3n) is 5.11. The summed E-state index contributed by atoms with van der Waals surface area (Å²) in [7, 11) is 0. The minimum atomic E-state index is 0.123. The molecule has 1 saturated heterocycles. The molecule has 0 aliphatic carbocycles. The topological polar surface area (TPSA) is 59.2 Å². The normalized spacial score (nSPS) is 16.9. The second-order valence-electron chi connectivity index (χ2n) is 6.89. The molecule has 2 aromatic heterocycles. The van der Waals surface area contributed by atoms with E-state index in [1.165, 1.54) is 22.0 Å². The maximum Gasteiger partial charge on any atom is 0.233 e. The van der Waals surface area contributed by atoms with E-state index in [1.54, 1.807) is 11.3 Å². The van der Waals surface area contributed by atoms with Crippen LogP contribution in [0.25, 0.3) is 10.2 Å². The van der Waals surface area contributed by atoms with Crippen LogP contribution >= 0.6 is 23.1 Å². The Morgan fingerprint density at radius 1 is 1.14 bits per heavy atom. The lowest BCUT2D eigenvalue weighted by Crippen LogP contribution is -2.41. The van der Waals surface area contributed by atoms with E-state index in [0.717, 1.165) is 22.0 Å². The van der Waals surface area contributed by atoms with Crippen LogP contribution in [0.2, 0.25) is 0 Å². The molecule has 4 heterocycles. The van der Waals surface area contributed by atoms with Gasteiger partial charge in [0.05, 0.1) is 47.1 Å². The molecule has 0 atom stereocenters. The Morgan fingerprint density at radius 2 is 1.97 bits per heavy atom. The molecule has 148 valence electrons. The van der Waals surface area contributed by atoms with Gasteiger partial charge in [-0.15, -0.1) is 16.4 Å². The summed E-state index contributed by atoms with van der Waals surface area (Å²) in [5.74, 6) is 0.478. The average Bonchev–Trinajstić information content (AvgIpc) is 3.31. The monoisotopic (exact) mass is 424 g/mol. The lowest BCUT2D eigenvalue weighted by molar-refractivity contribution is -0.132. The van der Waals surface area contributed by atoms with Gasteiger partial charge < -0.3 is 14.2 Å². The van der Waals surface area contributed by atoms with E-state index < -0.39 is 0 Å². The van der Waals surface area contributed by atoms with Crippen LogP contribution in [0.3, 0.4) is 0 Å². The molecule has 6 nitrogen and oxygen atoms in total. The summed E-state index contributed by atoms with van der Waals surface area (Å²) in [4.78, 5) is 14.5. The number of morpholine rings is 1. The first-order valence-corrected chi connectivity index (χ1v) is 11.4. The van der Waals surface area contributed by atoms with E-state index in [1.807, 2.05) is 23.1 Å². The lowest BCUT2D eigenvalue weighted by atomic mass is 10.1. The van der Waals surface area contributed by atoms with Gasteiger partial charge in [0.25, 0.3) is 0 Å². The number of rotatable bonds is 3. The standard InChI is InChI=1S/C21H20N4O2S2/c26-20(24-7-9-27-10-8-24)14-29-21-18-12-19-17(6-11-28-19)25(18)13-16(22-23-21)15-4-2-1-3-5-15/h1-6,11-12H,7-10,13-14H2. The van der Waals surface area contributed by atoms with Crippen LogP contribution in [0.4, 0.5) is 0 Å². The number of hydrogen-bond donors (Lipinski definition) is 0.